The molecule has 1 aromatic heterocycles. The zero-order chi connectivity index (χ0) is 11.0. The zero-order valence-electron chi connectivity index (χ0n) is 9.53. The van der Waals surface area contributed by atoms with Crippen LogP contribution in [0.15, 0.2) is 0 Å². The number of rotatable bonds is 2. The average Bonchev–Trinajstić information content (AvgIpc) is 2.56. The first-order chi connectivity index (χ1) is 7.13. The molecule has 0 saturated carbocycles. The largest absolute Gasteiger partial charge is 0.384 e. The molecule has 4 nitrogen and oxygen atoms in total. The number of nitrogens with zero attached hydrogens (tertiary/aromatic N) is 2. The molecule has 0 fully saturated rings. The molecule has 2 rings (SSSR count). The standard InChI is InChI=1S/C11H20N4/c1-7(2)15-11(13)9-5-8(6-12)3-4-10(9)14-15/h7-8H,3-6,12-13H2,1-2H3. The molecular weight excluding hydrogens is 188 g/mol. The van der Waals surface area contributed by atoms with Gasteiger partial charge in [-0.05, 0) is 45.6 Å². The van der Waals surface area contributed by atoms with E-state index >= 15 is 0 Å². The van der Waals surface area contributed by atoms with Crippen LogP contribution in [0.25, 0.3) is 0 Å². The zero-order valence-corrected chi connectivity index (χ0v) is 9.53. The lowest BCUT2D eigenvalue weighted by Crippen LogP contribution is -2.22. The topological polar surface area (TPSA) is 69.9 Å². The van der Waals surface area contributed by atoms with Crippen molar-refractivity contribution in [3.05, 3.63) is 11.3 Å². The van der Waals surface area contributed by atoms with E-state index in [1.807, 2.05) is 4.68 Å². The molecule has 1 unspecified atom stereocenters. The molecule has 15 heavy (non-hydrogen) atoms. The van der Waals surface area contributed by atoms with Gasteiger partial charge in [0, 0.05) is 11.6 Å². The lowest BCUT2D eigenvalue weighted by atomic mass is 9.87. The highest BCUT2D eigenvalue weighted by Crippen LogP contribution is 2.30. The average molecular weight is 208 g/mol. The highest BCUT2D eigenvalue weighted by molar-refractivity contribution is 5.45. The van der Waals surface area contributed by atoms with Crippen molar-refractivity contribution in [3.63, 3.8) is 0 Å². The van der Waals surface area contributed by atoms with Gasteiger partial charge in [-0.15, -0.1) is 0 Å². The van der Waals surface area contributed by atoms with Crippen molar-refractivity contribution >= 4 is 5.82 Å². The maximum absolute atomic E-state index is 6.10. The number of anilines is 1. The van der Waals surface area contributed by atoms with Gasteiger partial charge in [0.1, 0.15) is 5.82 Å². The minimum absolute atomic E-state index is 0.340. The Morgan fingerprint density at radius 1 is 1.53 bits per heavy atom. The first kappa shape index (κ1) is 10.5. The van der Waals surface area contributed by atoms with Crippen LogP contribution >= 0.6 is 0 Å². The van der Waals surface area contributed by atoms with Gasteiger partial charge in [0.15, 0.2) is 0 Å². The van der Waals surface area contributed by atoms with Gasteiger partial charge in [-0.2, -0.15) is 5.10 Å². The van der Waals surface area contributed by atoms with Gasteiger partial charge in [0.05, 0.1) is 5.69 Å². The Balaban J connectivity index is 2.33. The molecule has 4 heteroatoms. The lowest BCUT2D eigenvalue weighted by Gasteiger charge is -2.19. The Kier molecular flexibility index (Phi) is 2.69. The summed E-state index contributed by atoms with van der Waals surface area (Å²) in [6.07, 6.45) is 3.18. The molecule has 0 radical (unpaired) electrons. The van der Waals surface area contributed by atoms with Crippen LogP contribution in [0, 0.1) is 5.92 Å². The maximum Gasteiger partial charge on any atom is 0.125 e. The molecule has 1 heterocycles. The highest BCUT2D eigenvalue weighted by Gasteiger charge is 2.24. The van der Waals surface area contributed by atoms with Crippen molar-refractivity contribution in [2.24, 2.45) is 11.7 Å². The molecule has 84 valence electrons. The van der Waals surface area contributed by atoms with E-state index in [2.05, 4.69) is 18.9 Å². The van der Waals surface area contributed by atoms with Gasteiger partial charge in [-0.1, -0.05) is 0 Å². The van der Waals surface area contributed by atoms with Crippen LogP contribution in [0.3, 0.4) is 0 Å². The molecule has 1 atom stereocenters. The Hall–Kier alpha value is -1.03. The van der Waals surface area contributed by atoms with Gasteiger partial charge in [-0.25, -0.2) is 4.68 Å². The van der Waals surface area contributed by atoms with Crippen molar-refractivity contribution in [1.82, 2.24) is 9.78 Å². The SMILES string of the molecule is CC(C)n1nc2c(c1N)CC(CN)CC2. The second-order valence-electron chi connectivity index (χ2n) is 4.69. The van der Waals surface area contributed by atoms with Gasteiger partial charge < -0.3 is 11.5 Å². The summed E-state index contributed by atoms with van der Waals surface area (Å²) in [5, 5.41) is 4.57. The molecule has 1 aliphatic carbocycles. The van der Waals surface area contributed by atoms with Gasteiger partial charge in [0.25, 0.3) is 0 Å². The Labute approximate surface area is 90.6 Å². The minimum atomic E-state index is 0.340. The van der Waals surface area contributed by atoms with E-state index in [1.54, 1.807) is 0 Å². The third-order valence-corrected chi connectivity index (χ3v) is 3.24. The van der Waals surface area contributed by atoms with E-state index in [0.29, 0.717) is 12.0 Å². The van der Waals surface area contributed by atoms with E-state index in [0.717, 1.165) is 31.6 Å². The van der Waals surface area contributed by atoms with E-state index in [4.69, 9.17) is 11.5 Å². The molecule has 1 aromatic rings. The smallest absolute Gasteiger partial charge is 0.125 e. The van der Waals surface area contributed by atoms with Gasteiger partial charge in [0.2, 0.25) is 0 Å². The molecule has 0 aliphatic heterocycles. The van der Waals surface area contributed by atoms with Crippen LogP contribution in [0.2, 0.25) is 0 Å². The number of hydrogen-bond donors (Lipinski definition) is 2. The number of hydrogen-bond acceptors (Lipinski definition) is 3. The van der Waals surface area contributed by atoms with Crippen molar-refractivity contribution in [3.8, 4) is 0 Å². The molecule has 0 saturated heterocycles. The Morgan fingerprint density at radius 3 is 2.87 bits per heavy atom. The van der Waals surface area contributed by atoms with E-state index < -0.39 is 0 Å². The van der Waals surface area contributed by atoms with Crippen LogP contribution in [0.5, 0.6) is 0 Å². The molecule has 1 aliphatic rings. The Morgan fingerprint density at radius 2 is 2.27 bits per heavy atom. The number of aromatic nitrogens is 2. The van der Waals surface area contributed by atoms with Gasteiger partial charge >= 0.3 is 0 Å². The molecule has 0 bridgehead atoms. The third-order valence-electron chi connectivity index (χ3n) is 3.24. The summed E-state index contributed by atoms with van der Waals surface area (Å²) >= 11 is 0. The summed E-state index contributed by atoms with van der Waals surface area (Å²) in [6, 6.07) is 0.340. The van der Waals surface area contributed by atoms with Crippen molar-refractivity contribution in [2.45, 2.75) is 39.2 Å². The second kappa shape index (κ2) is 3.85. The fourth-order valence-corrected chi connectivity index (χ4v) is 2.28. The molecule has 0 amide bonds. The number of aryl methyl sites for hydroxylation is 1. The van der Waals surface area contributed by atoms with E-state index in [9.17, 15) is 0 Å². The summed E-state index contributed by atoms with van der Waals surface area (Å²) < 4.78 is 1.93. The summed E-state index contributed by atoms with van der Waals surface area (Å²) in [5.74, 6) is 1.43. The number of nitrogens with two attached hydrogens (primary N) is 2. The molecule has 0 spiro atoms. The van der Waals surface area contributed by atoms with Crippen molar-refractivity contribution in [1.29, 1.82) is 0 Å². The number of nitrogen functional groups attached to an aromatic ring is 1. The lowest BCUT2D eigenvalue weighted by molar-refractivity contribution is 0.464. The summed E-state index contributed by atoms with van der Waals surface area (Å²) in [5.41, 5.74) is 14.2. The molecular formula is C11H20N4. The fourth-order valence-electron chi connectivity index (χ4n) is 2.28. The van der Waals surface area contributed by atoms with Crippen molar-refractivity contribution in [2.75, 3.05) is 12.3 Å². The molecule has 0 aromatic carbocycles. The summed E-state index contributed by atoms with van der Waals surface area (Å²) in [6.45, 7) is 4.97. The van der Waals surface area contributed by atoms with E-state index in [-0.39, 0.29) is 0 Å². The van der Waals surface area contributed by atoms with E-state index in [1.165, 1.54) is 11.3 Å². The van der Waals surface area contributed by atoms with Crippen LogP contribution in [-0.2, 0) is 12.8 Å². The highest BCUT2D eigenvalue weighted by atomic mass is 15.3. The minimum Gasteiger partial charge on any atom is -0.384 e. The number of fused-ring (bicyclic) bond motifs is 1. The first-order valence-corrected chi connectivity index (χ1v) is 5.69. The van der Waals surface area contributed by atoms with Crippen molar-refractivity contribution < 1.29 is 0 Å². The predicted octanol–water partition coefficient (Wildman–Crippen LogP) is 1.11. The van der Waals surface area contributed by atoms with Crippen LogP contribution in [-0.4, -0.2) is 16.3 Å². The maximum atomic E-state index is 6.10. The quantitative estimate of drug-likeness (QED) is 0.765. The van der Waals surface area contributed by atoms with Crippen LogP contribution in [0.1, 0.15) is 37.6 Å². The Bertz CT molecular complexity index is 354. The van der Waals surface area contributed by atoms with Gasteiger partial charge in [-0.3, -0.25) is 0 Å². The van der Waals surface area contributed by atoms with Crippen LogP contribution < -0.4 is 11.5 Å². The summed E-state index contributed by atoms with van der Waals surface area (Å²) in [4.78, 5) is 0. The third kappa shape index (κ3) is 1.74. The first-order valence-electron chi connectivity index (χ1n) is 5.69. The predicted molar refractivity (Wildman–Crippen MR) is 61.6 cm³/mol. The fraction of sp³-hybridized carbons (Fsp3) is 0.727. The second-order valence-corrected chi connectivity index (χ2v) is 4.69. The van der Waals surface area contributed by atoms with Crippen LogP contribution in [0.4, 0.5) is 5.82 Å². The monoisotopic (exact) mass is 208 g/mol. The summed E-state index contributed by atoms with van der Waals surface area (Å²) in [7, 11) is 0. The normalized spacial score (nSPS) is 20.7. The molecule has 4 N–H and O–H groups in total.